The molecule has 0 spiro atoms. The number of rotatable bonds is 4. The van der Waals surface area contributed by atoms with Crippen LogP contribution in [-0.4, -0.2) is 47.8 Å². The van der Waals surface area contributed by atoms with Gasteiger partial charge in [0.25, 0.3) is 5.91 Å². The van der Waals surface area contributed by atoms with E-state index in [1.54, 1.807) is 21.9 Å². The van der Waals surface area contributed by atoms with Crippen LogP contribution in [0.2, 0.25) is 0 Å². The molecule has 1 aliphatic heterocycles. The van der Waals surface area contributed by atoms with Crippen molar-refractivity contribution in [2.45, 2.75) is 6.42 Å². The summed E-state index contributed by atoms with van der Waals surface area (Å²) in [6.45, 7) is 2.03. The zero-order valence-electron chi connectivity index (χ0n) is 16.6. The second kappa shape index (κ2) is 8.91. The van der Waals surface area contributed by atoms with E-state index >= 15 is 0 Å². The molecule has 0 radical (unpaired) electrons. The van der Waals surface area contributed by atoms with Gasteiger partial charge in [-0.05, 0) is 41.0 Å². The Morgan fingerprint density at radius 1 is 0.700 bits per heavy atom. The maximum absolute atomic E-state index is 13.0. The minimum Gasteiger partial charge on any atom is -0.339 e. The Morgan fingerprint density at radius 3 is 1.90 bits per heavy atom. The summed E-state index contributed by atoms with van der Waals surface area (Å²) in [6, 6.07) is 23.7. The highest BCUT2D eigenvalue weighted by Gasteiger charge is 2.24. The molecule has 0 aliphatic carbocycles. The summed E-state index contributed by atoms with van der Waals surface area (Å²) >= 11 is 0. The third-order valence-corrected chi connectivity index (χ3v) is 5.43. The Balaban J connectivity index is 1.32. The Bertz CT molecular complexity index is 1010. The predicted molar refractivity (Wildman–Crippen MR) is 114 cm³/mol. The molecule has 3 aromatic carbocycles. The number of piperazine rings is 1. The minimum absolute atomic E-state index is 0.000853. The number of amides is 2. The maximum atomic E-state index is 13.0. The fraction of sp³-hybridized carbons (Fsp3) is 0.200. The first-order valence-electron chi connectivity index (χ1n) is 10.1. The second-order valence-corrected chi connectivity index (χ2v) is 7.42. The van der Waals surface area contributed by atoms with Gasteiger partial charge in [0, 0.05) is 31.7 Å². The molecule has 0 bridgehead atoms. The van der Waals surface area contributed by atoms with Gasteiger partial charge in [-0.25, -0.2) is 4.39 Å². The van der Waals surface area contributed by atoms with Crippen molar-refractivity contribution in [1.82, 2.24) is 9.80 Å². The average molecular weight is 402 g/mol. The molecule has 4 nitrogen and oxygen atoms in total. The number of hydrogen-bond donors (Lipinski definition) is 0. The van der Waals surface area contributed by atoms with Gasteiger partial charge in [0.05, 0.1) is 6.42 Å². The summed E-state index contributed by atoms with van der Waals surface area (Å²) in [5.74, 6) is -0.323. The highest BCUT2D eigenvalue weighted by molar-refractivity contribution is 5.95. The fourth-order valence-corrected chi connectivity index (χ4v) is 3.67. The molecule has 0 aromatic heterocycles. The number of hydrogen-bond acceptors (Lipinski definition) is 2. The molecule has 152 valence electrons. The Morgan fingerprint density at radius 2 is 1.27 bits per heavy atom. The third kappa shape index (κ3) is 4.57. The Labute approximate surface area is 175 Å². The van der Waals surface area contributed by atoms with Crippen LogP contribution in [0.4, 0.5) is 4.39 Å². The van der Waals surface area contributed by atoms with Crippen LogP contribution in [0.15, 0.2) is 78.9 Å². The van der Waals surface area contributed by atoms with Crippen LogP contribution in [0.5, 0.6) is 0 Å². The third-order valence-electron chi connectivity index (χ3n) is 5.43. The lowest BCUT2D eigenvalue weighted by Gasteiger charge is -2.35. The standard InChI is InChI=1S/C25H23FN2O2/c26-23-12-6-19(7-13-23)18-24(29)27-14-16-28(17-15-27)25(30)22-10-8-21(9-11-22)20-4-2-1-3-5-20/h1-13H,14-18H2. The smallest absolute Gasteiger partial charge is 0.253 e. The van der Waals surface area contributed by atoms with Gasteiger partial charge in [-0.1, -0.05) is 54.6 Å². The molecule has 5 heteroatoms. The van der Waals surface area contributed by atoms with Crippen molar-refractivity contribution >= 4 is 11.8 Å². The molecular formula is C25H23FN2O2. The van der Waals surface area contributed by atoms with Gasteiger partial charge in [0.15, 0.2) is 0 Å². The van der Waals surface area contributed by atoms with Gasteiger partial charge in [0.2, 0.25) is 5.91 Å². The van der Waals surface area contributed by atoms with Crippen LogP contribution in [0.1, 0.15) is 15.9 Å². The van der Waals surface area contributed by atoms with E-state index in [0.717, 1.165) is 16.7 Å². The summed E-state index contributed by atoms with van der Waals surface area (Å²) in [6.07, 6.45) is 0.245. The topological polar surface area (TPSA) is 40.6 Å². The van der Waals surface area contributed by atoms with E-state index in [1.807, 2.05) is 54.6 Å². The fourth-order valence-electron chi connectivity index (χ4n) is 3.67. The van der Waals surface area contributed by atoms with E-state index in [9.17, 15) is 14.0 Å². The molecule has 1 fully saturated rings. The van der Waals surface area contributed by atoms with Gasteiger partial charge in [-0.3, -0.25) is 9.59 Å². The molecular weight excluding hydrogens is 379 g/mol. The molecule has 2 amide bonds. The summed E-state index contributed by atoms with van der Waals surface area (Å²) in [5, 5.41) is 0. The van der Waals surface area contributed by atoms with Gasteiger partial charge in [0.1, 0.15) is 5.82 Å². The number of benzene rings is 3. The molecule has 3 aromatic rings. The molecule has 1 heterocycles. The SMILES string of the molecule is O=C(Cc1ccc(F)cc1)N1CCN(C(=O)c2ccc(-c3ccccc3)cc2)CC1. The van der Waals surface area contributed by atoms with Crippen molar-refractivity contribution in [1.29, 1.82) is 0 Å². The van der Waals surface area contributed by atoms with E-state index in [2.05, 4.69) is 0 Å². The van der Waals surface area contributed by atoms with Crippen molar-refractivity contribution in [3.63, 3.8) is 0 Å². The van der Waals surface area contributed by atoms with E-state index < -0.39 is 0 Å². The summed E-state index contributed by atoms with van der Waals surface area (Å²) in [4.78, 5) is 28.9. The highest BCUT2D eigenvalue weighted by atomic mass is 19.1. The average Bonchev–Trinajstić information content (AvgIpc) is 2.81. The first-order valence-corrected chi connectivity index (χ1v) is 10.1. The predicted octanol–water partition coefficient (Wildman–Crippen LogP) is 4.02. The Kier molecular flexibility index (Phi) is 5.89. The lowest BCUT2D eigenvalue weighted by Crippen LogP contribution is -2.51. The molecule has 4 rings (SSSR count). The van der Waals surface area contributed by atoms with Crippen LogP contribution >= 0.6 is 0 Å². The quantitative estimate of drug-likeness (QED) is 0.661. The van der Waals surface area contributed by atoms with E-state index in [1.165, 1.54) is 12.1 Å². The molecule has 0 saturated carbocycles. The first-order chi connectivity index (χ1) is 14.6. The lowest BCUT2D eigenvalue weighted by molar-refractivity contribution is -0.131. The van der Waals surface area contributed by atoms with Gasteiger partial charge in [-0.2, -0.15) is 0 Å². The molecule has 1 saturated heterocycles. The van der Waals surface area contributed by atoms with Crippen LogP contribution in [0.25, 0.3) is 11.1 Å². The zero-order chi connectivity index (χ0) is 20.9. The highest BCUT2D eigenvalue weighted by Crippen LogP contribution is 2.20. The summed E-state index contributed by atoms with van der Waals surface area (Å²) in [5.41, 5.74) is 3.63. The lowest BCUT2D eigenvalue weighted by atomic mass is 10.0. The van der Waals surface area contributed by atoms with Crippen molar-refractivity contribution < 1.29 is 14.0 Å². The van der Waals surface area contributed by atoms with Crippen molar-refractivity contribution in [2.24, 2.45) is 0 Å². The number of halogens is 1. The van der Waals surface area contributed by atoms with Gasteiger partial charge >= 0.3 is 0 Å². The van der Waals surface area contributed by atoms with Crippen LogP contribution in [-0.2, 0) is 11.2 Å². The molecule has 0 atom stereocenters. The molecule has 0 N–H and O–H groups in total. The van der Waals surface area contributed by atoms with Crippen molar-refractivity contribution in [3.8, 4) is 11.1 Å². The molecule has 30 heavy (non-hydrogen) atoms. The summed E-state index contributed by atoms with van der Waals surface area (Å²) < 4.78 is 13.0. The van der Waals surface area contributed by atoms with Gasteiger partial charge < -0.3 is 9.80 Å². The van der Waals surface area contributed by atoms with Gasteiger partial charge in [-0.15, -0.1) is 0 Å². The van der Waals surface area contributed by atoms with Crippen LogP contribution in [0, 0.1) is 5.82 Å². The normalized spacial score (nSPS) is 13.9. The number of carbonyl (C=O) groups excluding carboxylic acids is 2. The number of carbonyl (C=O) groups is 2. The summed E-state index contributed by atoms with van der Waals surface area (Å²) in [7, 11) is 0. The first kappa shape index (κ1) is 19.8. The second-order valence-electron chi connectivity index (χ2n) is 7.42. The zero-order valence-corrected chi connectivity index (χ0v) is 16.6. The molecule has 1 aliphatic rings. The maximum Gasteiger partial charge on any atom is 0.253 e. The largest absolute Gasteiger partial charge is 0.339 e. The molecule has 0 unspecified atom stereocenters. The van der Waals surface area contributed by atoms with E-state index in [4.69, 9.17) is 0 Å². The minimum atomic E-state index is -0.310. The number of nitrogens with zero attached hydrogens (tertiary/aromatic N) is 2. The Hall–Kier alpha value is -3.47. The van der Waals surface area contributed by atoms with Crippen molar-refractivity contribution in [2.75, 3.05) is 26.2 Å². The monoisotopic (exact) mass is 402 g/mol. The van der Waals surface area contributed by atoms with Crippen LogP contribution < -0.4 is 0 Å². The van der Waals surface area contributed by atoms with E-state index in [0.29, 0.717) is 31.7 Å². The van der Waals surface area contributed by atoms with Crippen molar-refractivity contribution in [3.05, 3.63) is 95.8 Å². The van der Waals surface area contributed by atoms with E-state index in [-0.39, 0.29) is 24.1 Å². The van der Waals surface area contributed by atoms with Crippen LogP contribution in [0.3, 0.4) is 0 Å².